The molecule has 0 aliphatic carbocycles. The third kappa shape index (κ3) is 4.07. The maximum atomic E-state index is 14.8. The first-order chi connectivity index (χ1) is 12.3. The van der Waals surface area contributed by atoms with Crippen LogP contribution in [0.2, 0.25) is 0 Å². The summed E-state index contributed by atoms with van der Waals surface area (Å²) in [6.45, 7) is 13.5. The van der Waals surface area contributed by atoms with Crippen molar-refractivity contribution in [3.63, 3.8) is 0 Å². The van der Waals surface area contributed by atoms with Crippen LogP contribution in [0.3, 0.4) is 0 Å². The Labute approximate surface area is 156 Å². The lowest BCUT2D eigenvalue weighted by Crippen LogP contribution is -2.27. The minimum atomic E-state index is -0.195. The largest absolute Gasteiger partial charge is 0.513 e. The van der Waals surface area contributed by atoms with E-state index < -0.39 is 0 Å². The van der Waals surface area contributed by atoms with E-state index >= 15 is 0 Å². The SMILES string of the molecule is C=C(O)C[C@H](C)c1cc(-c2c(C)ccc(=C/C)/c2=C\CC)cc(C)c1F. The van der Waals surface area contributed by atoms with Crippen molar-refractivity contribution in [1.29, 1.82) is 0 Å². The normalized spacial score (nSPS) is 13.9. The summed E-state index contributed by atoms with van der Waals surface area (Å²) >= 11 is 0. The zero-order valence-corrected chi connectivity index (χ0v) is 16.5. The second-order valence-electron chi connectivity index (χ2n) is 7.03. The van der Waals surface area contributed by atoms with Crippen molar-refractivity contribution >= 4 is 12.2 Å². The van der Waals surface area contributed by atoms with E-state index in [1.54, 1.807) is 6.92 Å². The van der Waals surface area contributed by atoms with Crippen molar-refractivity contribution in [1.82, 2.24) is 0 Å². The van der Waals surface area contributed by atoms with Crippen LogP contribution in [0.4, 0.5) is 4.39 Å². The van der Waals surface area contributed by atoms with Crippen LogP contribution in [0, 0.1) is 19.7 Å². The van der Waals surface area contributed by atoms with Crippen molar-refractivity contribution in [2.45, 2.75) is 53.4 Å². The molecule has 0 saturated heterocycles. The van der Waals surface area contributed by atoms with Crippen LogP contribution in [-0.4, -0.2) is 5.11 Å². The molecule has 0 unspecified atom stereocenters. The standard InChI is InChI=1S/C24H29FO/c1-7-9-21-19(8-2)11-10-15(3)23(21)20-13-17(5)24(25)22(14-20)16(4)12-18(6)26/h8-11,13-14,16,26H,6-7,12H2,1-5H3/b19-8-,21-9+/t16-/m0/s1. The maximum absolute atomic E-state index is 14.8. The number of benzene rings is 2. The van der Waals surface area contributed by atoms with E-state index in [1.165, 1.54) is 16.0 Å². The molecule has 1 N–H and O–H groups in total. The Morgan fingerprint density at radius 2 is 1.92 bits per heavy atom. The molecule has 0 radical (unpaired) electrons. The summed E-state index contributed by atoms with van der Waals surface area (Å²) in [6.07, 6.45) is 5.63. The van der Waals surface area contributed by atoms with Crippen LogP contribution in [-0.2, 0) is 0 Å². The zero-order valence-electron chi connectivity index (χ0n) is 16.5. The van der Waals surface area contributed by atoms with Crippen molar-refractivity contribution in [3.05, 3.63) is 69.5 Å². The summed E-state index contributed by atoms with van der Waals surface area (Å²) in [5.74, 6) is -0.246. The number of aliphatic hydroxyl groups excluding tert-OH is 1. The Hall–Kier alpha value is -2.35. The van der Waals surface area contributed by atoms with E-state index in [-0.39, 0.29) is 17.5 Å². The second kappa shape index (κ2) is 8.35. The molecular formula is C24H29FO. The molecule has 0 amide bonds. The highest BCUT2D eigenvalue weighted by molar-refractivity contribution is 5.71. The van der Waals surface area contributed by atoms with Crippen LogP contribution < -0.4 is 10.4 Å². The lowest BCUT2D eigenvalue weighted by molar-refractivity contribution is 0.378. The van der Waals surface area contributed by atoms with Gasteiger partial charge in [-0.15, -0.1) is 0 Å². The first-order valence-corrected chi connectivity index (χ1v) is 9.23. The molecule has 1 atom stereocenters. The smallest absolute Gasteiger partial charge is 0.129 e. The molecule has 0 aliphatic rings. The highest BCUT2D eigenvalue weighted by Crippen LogP contribution is 2.31. The lowest BCUT2D eigenvalue weighted by Gasteiger charge is -2.17. The summed E-state index contributed by atoms with van der Waals surface area (Å²) in [4.78, 5) is 0. The Balaban J connectivity index is 2.81. The van der Waals surface area contributed by atoms with Gasteiger partial charge in [0.1, 0.15) is 5.82 Å². The minimum Gasteiger partial charge on any atom is -0.513 e. The second-order valence-corrected chi connectivity index (χ2v) is 7.03. The van der Waals surface area contributed by atoms with Gasteiger partial charge in [0.25, 0.3) is 0 Å². The Bertz CT molecular complexity index is 938. The topological polar surface area (TPSA) is 20.2 Å². The molecule has 2 aromatic rings. The van der Waals surface area contributed by atoms with Crippen molar-refractivity contribution in [3.8, 4) is 11.1 Å². The van der Waals surface area contributed by atoms with Gasteiger partial charge in [-0.3, -0.25) is 0 Å². The monoisotopic (exact) mass is 352 g/mol. The highest BCUT2D eigenvalue weighted by Gasteiger charge is 2.17. The van der Waals surface area contributed by atoms with E-state index in [2.05, 4.69) is 44.7 Å². The summed E-state index contributed by atoms with van der Waals surface area (Å²) in [5.41, 5.74) is 4.60. The molecule has 0 spiro atoms. The Morgan fingerprint density at radius 3 is 2.50 bits per heavy atom. The van der Waals surface area contributed by atoms with Crippen LogP contribution >= 0.6 is 0 Å². The molecule has 2 rings (SSSR count). The average Bonchev–Trinajstić information content (AvgIpc) is 2.57. The lowest BCUT2D eigenvalue weighted by atomic mass is 9.88. The fourth-order valence-electron chi connectivity index (χ4n) is 3.57. The minimum absolute atomic E-state index is 0.0822. The van der Waals surface area contributed by atoms with Gasteiger partial charge < -0.3 is 5.11 Å². The van der Waals surface area contributed by atoms with Gasteiger partial charge in [0.15, 0.2) is 0 Å². The number of aryl methyl sites for hydroxylation is 2. The van der Waals surface area contributed by atoms with Gasteiger partial charge in [-0.2, -0.15) is 0 Å². The van der Waals surface area contributed by atoms with Crippen molar-refractivity contribution in [2.75, 3.05) is 0 Å². The van der Waals surface area contributed by atoms with Crippen molar-refractivity contribution < 1.29 is 9.50 Å². The molecule has 2 heteroatoms. The third-order valence-electron chi connectivity index (χ3n) is 4.85. The molecule has 0 aromatic heterocycles. The Kier molecular flexibility index (Phi) is 6.42. The van der Waals surface area contributed by atoms with Gasteiger partial charge in [-0.1, -0.05) is 44.7 Å². The predicted molar refractivity (Wildman–Crippen MR) is 110 cm³/mol. The van der Waals surface area contributed by atoms with Crippen LogP contribution in [0.5, 0.6) is 0 Å². The highest BCUT2D eigenvalue weighted by atomic mass is 19.1. The Morgan fingerprint density at radius 1 is 1.23 bits per heavy atom. The number of hydrogen-bond donors (Lipinski definition) is 1. The summed E-state index contributed by atoms with van der Waals surface area (Å²) in [7, 11) is 0. The first-order valence-electron chi connectivity index (χ1n) is 9.23. The number of hydrogen-bond acceptors (Lipinski definition) is 1. The van der Waals surface area contributed by atoms with E-state index in [0.717, 1.165) is 17.5 Å². The predicted octanol–water partition coefficient (Wildman–Crippen LogP) is 5.67. The molecule has 0 saturated carbocycles. The van der Waals surface area contributed by atoms with E-state index in [4.69, 9.17) is 0 Å². The number of allylic oxidation sites excluding steroid dienone is 1. The van der Waals surface area contributed by atoms with Crippen LogP contribution in [0.15, 0.2) is 36.6 Å². The quantitative estimate of drug-likeness (QED) is 0.688. The molecule has 2 aromatic carbocycles. The molecule has 138 valence electrons. The molecule has 1 nitrogen and oxygen atoms in total. The van der Waals surface area contributed by atoms with Gasteiger partial charge in [0, 0.05) is 6.42 Å². The van der Waals surface area contributed by atoms with Gasteiger partial charge >= 0.3 is 0 Å². The molecule has 0 bridgehead atoms. The molecule has 0 aliphatic heterocycles. The van der Waals surface area contributed by atoms with Gasteiger partial charge in [-0.25, -0.2) is 4.39 Å². The fraction of sp³-hybridized carbons (Fsp3) is 0.333. The number of aliphatic hydroxyl groups is 1. The molecule has 0 fully saturated rings. The van der Waals surface area contributed by atoms with Gasteiger partial charge in [0.05, 0.1) is 5.76 Å². The van der Waals surface area contributed by atoms with Crippen LogP contribution in [0.1, 0.15) is 56.2 Å². The molecule has 26 heavy (non-hydrogen) atoms. The zero-order chi connectivity index (χ0) is 19.4. The maximum Gasteiger partial charge on any atom is 0.129 e. The van der Waals surface area contributed by atoms with Gasteiger partial charge in [-0.05, 0) is 83.5 Å². The van der Waals surface area contributed by atoms with E-state index in [9.17, 15) is 9.50 Å². The molecular weight excluding hydrogens is 323 g/mol. The summed E-state index contributed by atoms with van der Waals surface area (Å²) in [5, 5.41) is 11.9. The van der Waals surface area contributed by atoms with E-state index in [1.807, 2.05) is 26.0 Å². The average molecular weight is 352 g/mol. The first kappa shape index (κ1) is 20.0. The number of halogens is 1. The summed E-state index contributed by atoms with van der Waals surface area (Å²) < 4.78 is 14.8. The van der Waals surface area contributed by atoms with Gasteiger partial charge in [0.2, 0.25) is 0 Å². The molecule has 0 heterocycles. The van der Waals surface area contributed by atoms with E-state index in [0.29, 0.717) is 17.5 Å². The fourth-order valence-corrected chi connectivity index (χ4v) is 3.57. The van der Waals surface area contributed by atoms with Crippen LogP contribution in [0.25, 0.3) is 23.3 Å². The summed E-state index contributed by atoms with van der Waals surface area (Å²) in [6, 6.07) is 8.11. The van der Waals surface area contributed by atoms with Crippen molar-refractivity contribution in [2.24, 2.45) is 0 Å². The number of rotatable bonds is 5. The third-order valence-corrected chi connectivity index (χ3v) is 4.85.